The monoisotopic (exact) mass is 329 g/mol. The van der Waals surface area contributed by atoms with E-state index in [4.69, 9.17) is 14.0 Å². The van der Waals surface area contributed by atoms with Gasteiger partial charge in [0.2, 0.25) is 0 Å². The van der Waals surface area contributed by atoms with Crippen LogP contribution in [0.15, 0.2) is 12.1 Å². The molecule has 1 rings (SSSR count). The maximum absolute atomic E-state index is 10.6. The van der Waals surface area contributed by atoms with Crippen LogP contribution in [0.2, 0.25) is 0 Å². The van der Waals surface area contributed by atoms with Crippen molar-refractivity contribution in [3.63, 3.8) is 0 Å². The average molecular weight is 329 g/mol. The van der Waals surface area contributed by atoms with Crippen molar-refractivity contribution in [1.29, 1.82) is 0 Å². The van der Waals surface area contributed by atoms with E-state index in [1.165, 1.54) is 14.2 Å². The van der Waals surface area contributed by atoms with Crippen molar-refractivity contribution >= 4 is 45.4 Å². The summed E-state index contributed by atoms with van der Waals surface area (Å²) in [4.78, 5) is 0. The molecule has 1 aromatic rings. The Bertz CT molecular complexity index is 563. The Morgan fingerprint density at radius 2 is 1.90 bits per heavy atom. The molecule has 7 nitrogen and oxygen atoms in total. The van der Waals surface area contributed by atoms with Crippen molar-refractivity contribution in [2.75, 3.05) is 31.8 Å². The fraction of sp³-hybridized carbons (Fsp3) is 0.500. The molecule has 116 valence electrons. The molecule has 0 bridgehead atoms. The number of aliphatic hydroxyl groups is 1. The van der Waals surface area contributed by atoms with Crippen molar-refractivity contribution in [3.05, 3.63) is 17.7 Å². The van der Waals surface area contributed by atoms with Gasteiger partial charge >= 0.3 is 29.6 Å². The van der Waals surface area contributed by atoms with E-state index in [9.17, 15) is 13.5 Å². The summed E-state index contributed by atoms with van der Waals surface area (Å²) in [5.41, 5.74) is 1.45. The summed E-state index contributed by atoms with van der Waals surface area (Å²) >= 11 is 0. The van der Waals surface area contributed by atoms with Crippen LogP contribution in [0.4, 0.5) is 5.69 Å². The zero-order chi connectivity index (χ0) is 15.3. The van der Waals surface area contributed by atoms with E-state index < -0.39 is 22.0 Å². The quantitative estimate of drug-likeness (QED) is 0.478. The molecule has 21 heavy (non-hydrogen) atoms. The number of anilines is 1. The standard InChI is InChI=1S/C12H19NO6S.Na.H/c1-8-11(4-10(18-2)5-12(8)19-3)13-6-9(14)7-20(15,16)17;;/h4-5,9,13-14H,6-7H2,1-3H3,(H,15,16,17);;. The van der Waals surface area contributed by atoms with Crippen molar-refractivity contribution in [2.24, 2.45) is 0 Å². The first-order valence-corrected chi connectivity index (χ1v) is 7.47. The van der Waals surface area contributed by atoms with Crippen LogP contribution in [0.25, 0.3) is 0 Å². The number of benzene rings is 1. The van der Waals surface area contributed by atoms with Gasteiger partial charge in [0.25, 0.3) is 10.1 Å². The first-order valence-electron chi connectivity index (χ1n) is 5.86. The van der Waals surface area contributed by atoms with Crippen LogP contribution < -0.4 is 14.8 Å². The molecular weight excluding hydrogens is 309 g/mol. The molecule has 0 aromatic heterocycles. The number of hydrogen-bond donors (Lipinski definition) is 3. The predicted molar refractivity (Wildman–Crippen MR) is 82.3 cm³/mol. The summed E-state index contributed by atoms with van der Waals surface area (Å²) in [6.07, 6.45) is -1.22. The number of hydrogen-bond acceptors (Lipinski definition) is 6. The minimum absolute atomic E-state index is 0. The summed E-state index contributed by atoms with van der Waals surface area (Å²) in [6.45, 7) is 1.78. The fourth-order valence-corrected chi connectivity index (χ4v) is 2.31. The Morgan fingerprint density at radius 3 is 2.38 bits per heavy atom. The van der Waals surface area contributed by atoms with Crippen molar-refractivity contribution < 1.29 is 27.6 Å². The first kappa shape index (κ1) is 20.5. The fourth-order valence-electron chi connectivity index (χ4n) is 1.71. The molecule has 0 aliphatic heterocycles. The van der Waals surface area contributed by atoms with Crippen molar-refractivity contribution in [3.8, 4) is 11.5 Å². The molecule has 0 saturated heterocycles. The van der Waals surface area contributed by atoms with Gasteiger partial charge in [-0.05, 0) is 6.92 Å². The van der Waals surface area contributed by atoms with Crippen LogP contribution in [0, 0.1) is 6.92 Å². The van der Waals surface area contributed by atoms with Gasteiger partial charge in [0.05, 0.1) is 20.3 Å². The van der Waals surface area contributed by atoms with Gasteiger partial charge in [-0.25, -0.2) is 0 Å². The average Bonchev–Trinajstić information content (AvgIpc) is 2.35. The van der Waals surface area contributed by atoms with Gasteiger partial charge in [-0.15, -0.1) is 0 Å². The third-order valence-corrected chi connectivity index (χ3v) is 3.53. The molecular formula is C12H20NNaO6S. The molecule has 1 unspecified atom stereocenters. The summed E-state index contributed by atoms with van der Waals surface area (Å²) in [5.74, 6) is 0.454. The van der Waals surface area contributed by atoms with Crippen LogP contribution >= 0.6 is 0 Å². The number of aliphatic hydroxyl groups excluding tert-OH is 1. The third-order valence-electron chi connectivity index (χ3n) is 2.72. The molecule has 3 N–H and O–H groups in total. The molecule has 0 aliphatic carbocycles. The van der Waals surface area contributed by atoms with Gasteiger partial charge in [-0.2, -0.15) is 8.42 Å². The number of ether oxygens (including phenoxy) is 2. The van der Waals surface area contributed by atoms with Gasteiger partial charge in [-0.1, -0.05) is 0 Å². The van der Waals surface area contributed by atoms with Crippen LogP contribution in [0.1, 0.15) is 5.56 Å². The number of rotatable bonds is 7. The Morgan fingerprint density at radius 1 is 1.29 bits per heavy atom. The normalized spacial score (nSPS) is 12.2. The molecule has 0 fully saturated rings. The Kier molecular flexibility index (Phi) is 8.60. The number of nitrogens with one attached hydrogen (secondary N) is 1. The molecule has 1 atom stereocenters. The van der Waals surface area contributed by atoms with Crippen LogP contribution in [-0.2, 0) is 10.1 Å². The Labute approximate surface area is 146 Å². The van der Waals surface area contributed by atoms with Crippen LogP contribution in [0.5, 0.6) is 11.5 Å². The van der Waals surface area contributed by atoms with Gasteiger partial charge < -0.3 is 19.9 Å². The number of methoxy groups -OCH3 is 2. The molecule has 0 spiro atoms. The zero-order valence-corrected chi connectivity index (χ0v) is 12.4. The van der Waals surface area contributed by atoms with E-state index in [1.807, 2.05) is 6.92 Å². The Hall–Kier alpha value is -0.510. The molecule has 0 saturated carbocycles. The minimum atomic E-state index is -4.20. The third kappa shape index (κ3) is 6.86. The second kappa shape index (κ2) is 8.82. The van der Waals surface area contributed by atoms with Crippen molar-refractivity contribution in [2.45, 2.75) is 13.0 Å². The Balaban J connectivity index is 0.00000400. The predicted octanol–water partition coefficient (Wildman–Crippen LogP) is 0.0243. The van der Waals surface area contributed by atoms with E-state index in [0.29, 0.717) is 17.2 Å². The van der Waals surface area contributed by atoms with E-state index in [2.05, 4.69) is 5.32 Å². The van der Waals surface area contributed by atoms with Gasteiger partial charge in [0.15, 0.2) is 0 Å². The second-order valence-electron chi connectivity index (χ2n) is 4.29. The summed E-state index contributed by atoms with van der Waals surface area (Å²) < 4.78 is 40.3. The van der Waals surface area contributed by atoms with Crippen molar-refractivity contribution in [1.82, 2.24) is 0 Å². The van der Waals surface area contributed by atoms with Crippen LogP contribution in [0.3, 0.4) is 0 Å². The zero-order valence-electron chi connectivity index (χ0n) is 11.6. The summed E-state index contributed by atoms with van der Waals surface area (Å²) in [7, 11) is -1.16. The summed E-state index contributed by atoms with van der Waals surface area (Å²) in [6, 6.07) is 3.42. The van der Waals surface area contributed by atoms with E-state index >= 15 is 0 Å². The van der Waals surface area contributed by atoms with Crippen LogP contribution in [-0.4, -0.2) is 80.3 Å². The van der Waals surface area contributed by atoms with Gasteiger partial charge in [-0.3, -0.25) is 4.55 Å². The molecule has 0 heterocycles. The molecule has 9 heteroatoms. The maximum atomic E-state index is 10.6. The molecule has 0 amide bonds. The second-order valence-corrected chi connectivity index (χ2v) is 5.78. The molecule has 0 aliphatic rings. The van der Waals surface area contributed by atoms with E-state index in [1.54, 1.807) is 12.1 Å². The van der Waals surface area contributed by atoms with E-state index in [0.717, 1.165) is 5.56 Å². The SMILES string of the molecule is COc1cc(NCC(O)CS(=O)(=O)O)c(C)c(OC)c1.[NaH]. The summed E-state index contributed by atoms with van der Waals surface area (Å²) in [5, 5.41) is 12.4. The van der Waals surface area contributed by atoms with Gasteiger partial charge in [0.1, 0.15) is 17.3 Å². The van der Waals surface area contributed by atoms with Gasteiger partial charge in [0, 0.05) is 29.9 Å². The topological polar surface area (TPSA) is 105 Å². The molecule has 1 aromatic carbocycles. The molecule has 0 radical (unpaired) electrons. The first-order chi connectivity index (χ1) is 9.26. The van der Waals surface area contributed by atoms with E-state index in [-0.39, 0.29) is 36.1 Å².